The Morgan fingerprint density at radius 1 is 0.971 bits per heavy atom. The first-order chi connectivity index (χ1) is 16.7. The lowest BCUT2D eigenvalue weighted by molar-refractivity contribution is 0.355. The molecule has 184 valence electrons. The first-order valence-corrected chi connectivity index (χ1v) is 12.8. The molecule has 7 nitrogen and oxygen atoms in total. The van der Waals surface area contributed by atoms with Crippen LogP contribution >= 0.6 is 12.2 Å². The van der Waals surface area contributed by atoms with E-state index in [1.165, 1.54) is 34.6 Å². The second-order valence-corrected chi connectivity index (χ2v) is 10.4. The zero-order valence-corrected chi connectivity index (χ0v) is 21.2. The molecule has 3 aromatic rings. The Morgan fingerprint density at radius 3 is 2.31 bits per heavy atom. The lowest BCUT2D eigenvalue weighted by atomic mass is 9.99. The van der Waals surface area contributed by atoms with Gasteiger partial charge in [-0.1, -0.05) is 0 Å². The van der Waals surface area contributed by atoms with Crippen LogP contribution in [0.5, 0.6) is 11.5 Å². The van der Waals surface area contributed by atoms with E-state index in [2.05, 4.69) is 10.6 Å². The fraction of sp³-hybridized carbons (Fsp3) is 0.240. The Kier molecular flexibility index (Phi) is 7.13. The zero-order chi connectivity index (χ0) is 25.2. The monoisotopic (exact) mass is 515 g/mol. The van der Waals surface area contributed by atoms with Gasteiger partial charge >= 0.3 is 0 Å². The number of anilines is 3. The summed E-state index contributed by atoms with van der Waals surface area (Å²) in [4.78, 5) is 0.144. The van der Waals surface area contributed by atoms with Gasteiger partial charge in [0.1, 0.15) is 5.82 Å². The maximum absolute atomic E-state index is 13.7. The van der Waals surface area contributed by atoms with Crippen LogP contribution in [-0.4, -0.2) is 33.8 Å². The van der Waals surface area contributed by atoms with Crippen molar-refractivity contribution >= 4 is 44.4 Å². The average molecular weight is 516 g/mol. The molecule has 0 saturated heterocycles. The van der Waals surface area contributed by atoms with Gasteiger partial charge in [0.05, 0.1) is 24.8 Å². The molecular formula is C25H26FN3O4S2. The largest absolute Gasteiger partial charge is 0.493 e. The number of hydrogen-bond acceptors (Lipinski definition) is 5. The van der Waals surface area contributed by atoms with Crippen LogP contribution in [0.25, 0.3) is 0 Å². The van der Waals surface area contributed by atoms with Crippen LogP contribution in [0.4, 0.5) is 21.5 Å². The minimum absolute atomic E-state index is 0.144. The Balaban J connectivity index is 1.49. The topological polar surface area (TPSA) is 79.9 Å². The molecule has 1 atom stereocenters. The number of benzene rings is 3. The second kappa shape index (κ2) is 10.1. The molecule has 0 amide bonds. The van der Waals surface area contributed by atoms with Gasteiger partial charge in [0.25, 0.3) is 10.0 Å². The third-order valence-corrected chi connectivity index (χ3v) is 7.97. The molecule has 0 aromatic heterocycles. The molecule has 0 saturated carbocycles. The van der Waals surface area contributed by atoms with E-state index in [4.69, 9.17) is 21.7 Å². The minimum atomic E-state index is -3.84. The lowest BCUT2D eigenvalue weighted by Gasteiger charge is -2.36. The van der Waals surface area contributed by atoms with Gasteiger partial charge in [-0.3, -0.25) is 4.31 Å². The molecule has 0 radical (unpaired) electrons. The lowest BCUT2D eigenvalue weighted by Crippen LogP contribution is -2.42. The highest BCUT2D eigenvalue weighted by atomic mass is 32.2. The summed E-state index contributed by atoms with van der Waals surface area (Å²) in [5.41, 5.74) is 2.54. The highest BCUT2D eigenvalue weighted by Gasteiger charge is 2.34. The maximum Gasteiger partial charge on any atom is 0.264 e. The van der Waals surface area contributed by atoms with Gasteiger partial charge in [-0.05, 0) is 92.1 Å². The summed E-state index contributed by atoms with van der Waals surface area (Å²) >= 11 is 5.39. The van der Waals surface area contributed by atoms with Crippen molar-refractivity contribution in [1.82, 2.24) is 0 Å². The molecule has 3 aromatic carbocycles. The van der Waals surface area contributed by atoms with E-state index >= 15 is 0 Å². The SMILES string of the molecule is COc1ccc(NC(=S)Nc2ccc(S(=O)(=O)N3c4ccc(F)cc4CC[C@H]3C)cc2)cc1OC. The van der Waals surface area contributed by atoms with Crippen molar-refractivity contribution in [3.05, 3.63) is 72.0 Å². The van der Waals surface area contributed by atoms with Crippen molar-refractivity contribution in [3.63, 3.8) is 0 Å². The van der Waals surface area contributed by atoms with Gasteiger partial charge in [0.2, 0.25) is 0 Å². The number of fused-ring (bicyclic) bond motifs is 1. The van der Waals surface area contributed by atoms with Crippen molar-refractivity contribution < 1.29 is 22.3 Å². The number of hydrogen-bond donors (Lipinski definition) is 2. The molecule has 0 unspecified atom stereocenters. The maximum atomic E-state index is 13.7. The number of rotatable bonds is 6. The molecule has 0 spiro atoms. The molecular weight excluding hydrogens is 489 g/mol. The Hall–Kier alpha value is -3.37. The van der Waals surface area contributed by atoms with Gasteiger partial charge in [0.15, 0.2) is 16.6 Å². The summed E-state index contributed by atoms with van der Waals surface area (Å²) < 4.78 is 52.6. The molecule has 35 heavy (non-hydrogen) atoms. The van der Waals surface area contributed by atoms with Crippen molar-refractivity contribution in [1.29, 1.82) is 0 Å². The number of aryl methyl sites for hydroxylation is 1. The van der Waals surface area contributed by atoms with Gasteiger partial charge < -0.3 is 20.1 Å². The number of methoxy groups -OCH3 is 2. The van der Waals surface area contributed by atoms with E-state index in [1.807, 2.05) is 6.92 Å². The molecule has 2 N–H and O–H groups in total. The molecule has 0 aliphatic carbocycles. The number of nitrogens with one attached hydrogen (secondary N) is 2. The van der Waals surface area contributed by atoms with Crippen molar-refractivity contribution in [2.75, 3.05) is 29.2 Å². The number of halogens is 1. The average Bonchev–Trinajstić information content (AvgIpc) is 2.84. The van der Waals surface area contributed by atoms with Crippen LogP contribution in [0.1, 0.15) is 18.9 Å². The quantitative estimate of drug-likeness (QED) is 0.438. The van der Waals surface area contributed by atoms with Gasteiger partial charge in [-0.25, -0.2) is 12.8 Å². The third kappa shape index (κ3) is 5.18. The van der Waals surface area contributed by atoms with Crippen LogP contribution in [-0.2, 0) is 16.4 Å². The predicted molar refractivity (Wildman–Crippen MR) is 140 cm³/mol. The Bertz CT molecular complexity index is 1350. The standard InChI is InChI=1S/C25H26FN3O4S2/c1-16-4-5-17-14-18(26)6-12-22(17)29(16)35(30,31)21-10-7-19(8-11-21)27-25(34)28-20-9-13-23(32-2)24(15-20)33-3/h6-16H,4-5H2,1-3H3,(H2,27,28,34)/t16-/m1/s1. The van der Waals surface area contributed by atoms with E-state index in [-0.39, 0.29) is 16.8 Å². The molecule has 1 aliphatic heterocycles. The minimum Gasteiger partial charge on any atom is -0.493 e. The molecule has 0 fully saturated rings. The zero-order valence-electron chi connectivity index (χ0n) is 19.5. The summed E-state index contributed by atoms with van der Waals surface area (Å²) in [6, 6.07) is 15.7. The van der Waals surface area contributed by atoms with Gasteiger partial charge in [-0.2, -0.15) is 0 Å². The number of sulfonamides is 1. The molecule has 10 heteroatoms. The molecule has 1 aliphatic rings. The van der Waals surface area contributed by atoms with Gasteiger partial charge in [-0.15, -0.1) is 0 Å². The summed E-state index contributed by atoms with van der Waals surface area (Å²) in [6.07, 6.45) is 1.25. The van der Waals surface area contributed by atoms with Crippen molar-refractivity contribution in [3.8, 4) is 11.5 Å². The van der Waals surface area contributed by atoms with Crippen LogP contribution in [0, 0.1) is 5.82 Å². The summed E-state index contributed by atoms with van der Waals surface area (Å²) in [5.74, 6) is 0.791. The van der Waals surface area contributed by atoms with Crippen molar-refractivity contribution in [2.45, 2.75) is 30.7 Å². The van der Waals surface area contributed by atoms with Crippen LogP contribution in [0.15, 0.2) is 65.6 Å². The summed E-state index contributed by atoms with van der Waals surface area (Å²) in [6.45, 7) is 1.86. The first-order valence-electron chi connectivity index (χ1n) is 11.0. The van der Waals surface area contributed by atoms with Crippen LogP contribution < -0.4 is 24.4 Å². The van der Waals surface area contributed by atoms with E-state index < -0.39 is 10.0 Å². The first kappa shape index (κ1) is 24.7. The predicted octanol–water partition coefficient (Wildman–Crippen LogP) is 5.18. The highest BCUT2D eigenvalue weighted by molar-refractivity contribution is 7.92. The fourth-order valence-electron chi connectivity index (χ4n) is 4.09. The van der Waals surface area contributed by atoms with E-state index in [9.17, 15) is 12.8 Å². The number of nitrogens with zero attached hydrogens (tertiary/aromatic N) is 1. The smallest absolute Gasteiger partial charge is 0.264 e. The second-order valence-electron chi connectivity index (χ2n) is 8.13. The Labute approximate surface area is 209 Å². The Morgan fingerprint density at radius 2 is 1.63 bits per heavy atom. The number of thiocarbonyl (C=S) groups is 1. The molecule has 0 bridgehead atoms. The van der Waals surface area contributed by atoms with Crippen molar-refractivity contribution in [2.24, 2.45) is 0 Å². The van der Waals surface area contributed by atoms with Crippen LogP contribution in [0.3, 0.4) is 0 Å². The van der Waals surface area contributed by atoms with E-state index in [0.717, 1.165) is 0 Å². The normalized spacial score (nSPS) is 15.2. The summed E-state index contributed by atoms with van der Waals surface area (Å²) in [7, 11) is -0.725. The van der Waals surface area contributed by atoms with E-state index in [1.54, 1.807) is 44.6 Å². The van der Waals surface area contributed by atoms with Crippen LogP contribution in [0.2, 0.25) is 0 Å². The highest BCUT2D eigenvalue weighted by Crippen LogP contribution is 2.36. The molecule has 1 heterocycles. The molecule has 4 rings (SSSR count). The summed E-state index contributed by atoms with van der Waals surface area (Å²) in [5, 5.41) is 6.43. The van der Waals surface area contributed by atoms with Gasteiger partial charge in [0, 0.05) is 23.5 Å². The third-order valence-electron chi connectivity index (χ3n) is 5.82. The number of ether oxygens (including phenoxy) is 2. The fourth-order valence-corrected chi connectivity index (χ4v) is 6.05. The van der Waals surface area contributed by atoms with E-state index in [0.29, 0.717) is 52.1 Å².